The van der Waals surface area contributed by atoms with E-state index in [1.54, 1.807) is 0 Å². The van der Waals surface area contributed by atoms with E-state index in [9.17, 15) is 4.79 Å². The highest BCUT2D eigenvalue weighted by atomic mass is 16.1. The van der Waals surface area contributed by atoms with Crippen LogP contribution in [0.2, 0.25) is 0 Å². The fourth-order valence-electron chi connectivity index (χ4n) is 2.58. The molecule has 2 heteroatoms. The molecule has 0 aliphatic carbocycles. The van der Waals surface area contributed by atoms with Crippen LogP contribution >= 0.6 is 0 Å². The maximum atomic E-state index is 12.5. The average Bonchev–Trinajstić information content (AvgIpc) is 2.59. The molecule has 0 aliphatic heterocycles. The standard InChI is InChI=1S/C20H19NO/c1-16(9-8-14-21)19(17-10-4-2-5-11-17)15-20(22)18-12-6-3-7-13-18/h2-13,16,19H,15H2,1H3/b9-8-/t16-,19-/m0/s1. The Kier molecular flexibility index (Phi) is 5.68. The zero-order chi connectivity index (χ0) is 15.8. The van der Waals surface area contributed by atoms with E-state index in [0.29, 0.717) is 6.42 Å². The first-order valence-electron chi connectivity index (χ1n) is 7.42. The van der Waals surface area contributed by atoms with Crippen molar-refractivity contribution in [2.45, 2.75) is 19.3 Å². The van der Waals surface area contributed by atoms with Crippen molar-refractivity contribution in [1.29, 1.82) is 5.26 Å². The monoisotopic (exact) mass is 289 g/mol. The normalized spacial score (nSPS) is 13.5. The van der Waals surface area contributed by atoms with Crippen LogP contribution in [0.25, 0.3) is 0 Å². The molecule has 0 saturated carbocycles. The van der Waals surface area contributed by atoms with Crippen LogP contribution in [0, 0.1) is 17.2 Å². The van der Waals surface area contributed by atoms with Gasteiger partial charge in [-0.05, 0) is 17.4 Å². The summed E-state index contributed by atoms with van der Waals surface area (Å²) in [5.41, 5.74) is 1.86. The van der Waals surface area contributed by atoms with Gasteiger partial charge in [0.15, 0.2) is 5.78 Å². The molecule has 0 unspecified atom stereocenters. The number of allylic oxidation sites excluding steroid dienone is 2. The summed E-state index contributed by atoms with van der Waals surface area (Å²) in [6.07, 6.45) is 3.80. The van der Waals surface area contributed by atoms with Crippen LogP contribution in [0.15, 0.2) is 72.8 Å². The molecule has 2 aromatic carbocycles. The van der Waals surface area contributed by atoms with Crippen LogP contribution in [0.4, 0.5) is 0 Å². The van der Waals surface area contributed by atoms with Gasteiger partial charge in [0.2, 0.25) is 0 Å². The molecule has 2 nitrogen and oxygen atoms in total. The van der Waals surface area contributed by atoms with Gasteiger partial charge in [0, 0.05) is 18.1 Å². The molecule has 0 aromatic heterocycles. The molecule has 2 atom stereocenters. The van der Waals surface area contributed by atoms with Gasteiger partial charge in [-0.1, -0.05) is 73.7 Å². The van der Waals surface area contributed by atoms with Crippen LogP contribution in [0.1, 0.15) is 35.2 Å². The molecule has 0 fully saturated rings. The number of Topliss-reactive ketones (excluding diaryl/α,β-unsaturated/α-hetero) is 1. The fourth-order valence-corrected chi connectivity index (χ4v) is 2.58. The number of carbonyl (C=O) groups excluding carboxylic acids is 1. The molecular formula is C20H19NO. The second-order valence-electron chi connectivity index (χ2n) is 5.36. The molecule has 0 N–H and O–H groups in total. The van der Waals surface area contributed by atoms with Crippen molar-refractivity contribution in [2.24, 2.45) is 5.92 Å². The molecule has 0 aliphatic rings. The minimum absolute atomic E-state index is 0.0681. The quantitative estimate of drug-likeness (QED) is 0.568. The van der Waals surface area contributed by atoms with E-state index in [1.165, 1.54) is 6.08 Å². The van der Waals surface area contributed by atoms with Gasteiger partial charge in [-0.3, -0.25) is 4.79 Å². The molecular weight excluding hydrogens is 270 g/mol. The average molecular weight is 289 g/mol. The largest absolute Gasteiger partial charge is 0.294 e. The Morgan fingerprint density at radius 2 is 1.68 bits per heavy atom. The van der Waals surface area contributed by atoms with Gasteiger partial charge in [0.05, 0.1) is 6.07 Å². The Morgan fingerprint density at radius 1 is 1.09 bits per heavy atom. The highest BCUT2D eigenvalue weighted by Gasteiger charge is 2.21. The second-order valence-corrected chi connectivity index (χ2v) is 5.36. The lowest BCUT2D eigenvalue weighted by Crippen LogP contribution is -2.13. The predicted octanol–water partition coefficient (Wildman–Crippen LogP) is 4.76. The molecule has 0 radical (unpaired) electrons. The lowest BCUT2D eigenvalue weighted by Gasteiger charge is -2.21. The third kappa shape index (κ3) is 4.17. The smallest absolute Gasteiger partial charge is 0.163 e. The topological polar surface area (TPSA) is 40.9 Å². The van der Waals surface area contributed by atoms with Crippen LogP contribution in [-0.2, 0) is 0 Å². The molecule has 0 heterocycles. The summed E-state index contributed by atoms with van der Waals surface area (Å²) in [6.45, 7) is 2.05. The zero-order valence-corrected chi connectivity index (χ0v) is 12.6. The Bertz CT molecular complexity index is 668. The van der Waals surface area contributed by atoms with Gasteiger partial charge >= 0.3 is 0 Å². The van der Waals surface area contributed by atoms with Crippen molar-refractivity contribution in [3.8, 4) is 6.07 Å². The van der Waals surface area contributed by atoms with E-state index >= 15 is 0 Å². The Balaban J connectivity index is 2.24. The Labute approximate surface area is 131 Å². The third-order valence-corrected chi connectivity index (χ3v) is 3.84. The molecule has 110 valence electrons. The van der Waals surface area contributed by atoms with Crippen molar-refractivity contribution in [3.05, 3.63) is 83.9 Å². The zero-order valence-electron chi connectivity index (χ0n) is 12.6. The van der Waals surface area contributed by atoms with Gasteiger partial charge in [0.25, 0.3) is 0 Å². The maximum Gasteiger partial charge on any atom is 0.163 e. The first-order valence-corrected chi connectivity index (χ1v) is 7.42. The van der Waals surface area contributed by atoms with Gasteiger partial charge in [-0.15, -0.1) is 0 Å². The number of hydrogen-bond donors (Lipinski definition) is 0. The summed E-state index contributed by atoms with van der Waals surface area (Å²) in [6, 6.07) is 21.4. The SMILES string of the molecule is C[C@@H](/C=C\C#N)[C@H](CC(=O)c1ccccc1)c1ccccc1. The number of benzene rings is 2. The summed E-state index contributed by atoms with van der Waals surface area (Å²) >= 11 is 0. The summed E-state index contributed by atoms with van der Waals surface area (Å²) in [5, 5.41) is 8.72. The van der Waals surface area contributed by atoms with Crippen LogP contribution in [-0.4, -0.2) is 5.78 Å². The van der Waals surface area contributed by atoms with Crippen LogP contribution in [0.3, 0.4) is 0 Å². The van der Waals surface area contributed by atoms with Crippen LogP contribution < -0.4 is 0 Å². The first-order chi connectivity index (χ1) is 10.7. The van der Waals surface area contributed by atoms with Crippen LogP contribution in [0.5, 0.6) is 0 Å². The minimum atomic E-state index is 0.0681. The molecule has 22 heavy (non-hydrogen) atoms. The number of ketones is 1. The fraction of sp³-hybridized carbons (Fsp3) is 0.200. The minimum Gasteiger partial charge on any atom is -0.294 e. The highest BCUT2D eigenvalue weighted by molar-refractivity contribution is 5.96. The van der Waals surface area contributed by atoms with E-state index in [-0.39, 0.29) is 17.6 Å². The molecule has 0 spiro atoms. The van der Waals surface area contributed by atoms with E-state index in [2.05, 4.69) is 0 Å². The van der Waals surface area contributed by atoms with Crippen molar-refractivity contribution in [2.75, 3.05) is 0 Å². The van der Waals surface area contributed by atoms with Crippen molar-refractivity contribution in [1.82, 2.24) is 0 Å². The summed E-state index contributed by atoms with van der Waals surface area (Å²) in [7, 11) is 0. The van der Waals surface area contributed by atoms with Crippen molar-refractivity contribution >= 4 is 5.78 Å². The summed E-state index contributed by atoms with van der Waals surface area (Å²) < 4.78 is 0. The van der Waals surface area contributed by atoms with E-state index in [1.807, 2.05) is 79.7 Å². The third-order valence-electron chi connectivity index (χ3n) is 3.84. The van der Waals surface area contributed by atoms with E-state index < -0.39 is 0 Å². The lowest BCUT2D eigenvalue weighted by atomic mass is 9.82. The van der Waals surface area contributed by atoms with E-state index in [4.69, 9.17) is 5.26 Å². The predicted molar refractivity (Wildman–Crippen MR) is 88.5 cm³/mol. The maximum absolute atomic E-state index is 12.5. The number of carbonyl (C=O) groups is 1. The lowest BCUT2D eigenvalue weighted by molar-refractivity contribution is 0.0968. The molecule has 0 saturated heterocycles. The second kappa shape index (κ2) is 7.95. The molecule has 0 amide bonds. The highest BCUT2D eigenvalue weighted by Crippen LogP contribution is 2.30. The number of nitrogens with zero attached hydrogens (tertiary/aromatic N) is 1. The Morgan fingerprint density at radius 3 is 2.27 bits per heavy atom. The summed E-state index contributed by atoms with van der Waals surface area (Å²) in [4.78, 5) is 12.5. The Hall–Kier alpha value is -2.66. The molecule has 2 rings (SSSR count). The number of nitriles is 1. The molecule has 2 aromatic rings. The van der Waals surface area contributed by atoms with Gasteiger partial charge in [0.1, 0.15) is 0 Å². The number of hydrogen-bond acceptors (Lipinski definition) is 2. The van der Waals surface area contributed by atoms with Gasteiger partial charge in [-0.2, -0.15) is 5.26 Å². The number of rotatable bonds is 6. The van der Waals surface area contributed by atoms with Crippen molar-refractivity contribution < 1.29 is 4.79 Å². The van der Waals surface area contributed by atoms with Crippen molar-refractivity contribution in [3.63, 3.8) is 0 Å². The van der Waals surface area contributed by atoms with Gasteiger partial charge in [-0.25, -0.2) is 0 Å². The first kappa shape index (κ1) is 15.7. The summed E-state index contributed by atoms with van der Waals surface area (Å²) in [5.74, 6) is 0.319. The van der Waals surface area contributed by atoms with E-state index in [0.717, 1.165) is 11.1 Å². The van der Waals surface area contributed by atoms with Gasteiger partial charge < -0.3 is 0 Å². The molecule has 0 bridgehead atoms.